The molecule has 0 aromatic heterocycles. The Labute approximate surface area is 88.5 Å². The molecule has 0 aromatic rings. The van der Waals surface area contributed by atoms with Crippen LogP contribution in [0.25, 0.3) is 0 Å². The van der Waals surface area contributed by atoms with Crippen molar-refractivity contribution in [1.82, 2.24) is 5.32 Å². The van der Waals surface area contributed by atoms with Gasteiger partial charge in [0.1, 0.15) is 6.04 Å². The van der Waals surface area contributed by atoms with Gasteiger partial charge >= 0.3 is 5.97 Å². The zero-order valence-electron chi connectivity index (χ0n) is 8.23. The number of nitrogens with two attached hydrogens (primary N) is 1. The summed E-state index contributed by atoms with van der Waals surface area (Å²) in [5, 5.41) is 11.1. The number of aliphatic carboxylic acids is 1. The summed E-state index contributed by atoms with van der Waals surface area (Å²) >= 11 is 3.85. The highest BCUT2D eigenvalue weighted by atomic mass is 32.1. The van der Waals surface area contributed by atoms with E-state index in [9.17, 15) is 9.59 Å². The third-order valence-electron chi connectivity index (χ3n) is 1.76. The molecule has 0 radical (unpaired) electrons. The Kier molecular flexibility index (Phi) is 5.56. The molecule has 0 unspecified atom stereocenters. The van der Waals surface area contributed by atoms with Gasteiger partial charge in [0, 0.05) is 5.75 Å². The van der Waals surface area contributed by atoms with Crippen molar-refractivity contribution in [1.29, 1.82) is 0 Å². The third kappa shape index (κ3) is 3.97. The van der Waals surface area contributed by atoms with Crippen LogP contribution >= 0.6 is 12.6 Å². The minimum Gasteiger partial charge on any atom is -0.480 e. The van der Waals surface area contributed by atoms with Crippen molar-refractivity contribution < 1.29 is 14.7 Å². The molecule has 0 aromatic carbocycles. The van der Waals surface area contributed by atoms with Gasteiger partial charge < -0.3 is 16.2 Å². The summed E-state index contributed by atoms with van der Waals surface area (Å²) in [6.07, 6.45) is 0. The fraction of sp³-hybridized carbons (Fsp3) is 0.750. The van der Waals surface area contributed by atoms with E-state index in [0.29, 0.717) is 0 Å². The number of carboxylic acid groups (broad SMARTS) is 1. The first kappa shape index (κ1) is 13.2. The minimum atomic E-state index is -1.06. The maximum atomic E-state index is 11.2. The number of amides is 1. The monoisotopic (exact) mass is 220 g/mol. The van der Waals surface area contributed by atoms with Crippen molar-refractivity contribution in [2.75, 3.05) is 5.75 Å². The molecule has 0 aliphatic heterocycles. The van der Waals surface area contributed by atoms with Crippen LogP contribution in [-0.4, -0.2) is 34.8 Å². The molecule has 5 nitrogen and oxygen atoms in total. The van der Waals surface area contributed by atoms with E-state index in [1.54, 1.807) is 13.8 Å². The van der Waals surface area contributed by atoms with E-state index in [1.165, 1.54) is 0 Å². The lowest BCUT2D eigenvalue weighted by molar-refractivity contribution is -0.143. The summed E-state index contributed by atoms with van der Waals surface area (Å²) in [4.78, 5) is 22.0. The van der Waals surface area contributed by atoms with Gasteiger partial charge in [0.15, 0.2) is 0 Å². The molecule has 0 spiro atoms. The normalized spacial score (nSPS) is 14.9. The van der Waals surface area contributed by atoms with Crippen LogP contribution in [-0.2, 0) is 9.59 Å². The molecule has 0 heterocycles. The van der Waals surface area contributed by atoms with Crippen LogP contribution in [0, 0.1) is 5.92 Å². The van der Waals surface area contributed by atoms with Gasteiger partial charge in [-0.25, -0.2) is 4.79 Å². The van der Waals surface area contributed by atoms with Gasteiger partial charge in [-0.05, 0) is 5.92 Å². The number of carbonyl (C=O) groups excluding carboxylic acids is 1. The second-order valence-electron chi connectivity index (χ2n) is 3.36. The average Bonchev–Trinajstić information content (AvgIpc) is 2.11. The van der Waals surface area contributed by atoms with E-state index in [-0.39, 0.29) is 11.7 Å². The van der Waals surface area contributed by atoms with Crippen LogP contribution in [0.2, 0.25) is 0 Å². The number of nitrogens with one attached hydrogen (secondary N) is 1. The van der Waals surface area contributed by atoms with Crippen LogP contribution in [0.15, 0.2) is 0 Å². The van der Waals surface area contributed by atoms with Crippen LogP contribution in [0.1, 0.15) is 13.8 Å². The molecule has 14 heavy (non-hydrogen) atoms. The summed E-state index contributed by atoms with van der Waals surface area (Å²) in [7, 11) is 0. The minimum absolute atomic E-state index is 0.177. The van der Waals surface area contributed by atoms with Crippen molar-refractivity contribution >= 4 is 24.5 Å². The van der Waals surface area contributed by atoms with Crippen LogP contribution in [0.4, 0.5) is 0 Å². The summed E-state index contributed by atoms with van der Waals surface area (Å²) in [6, 6.07) is -1.66. The molecule has 0 aliphatic rings. The summed E-state index contributed by atoms with van der Waals surface area (Å²) < 4.78 is 0. The molecule has 0 saturated carbocycles. The second kappa shape index (κ2) is 5.87. The predicted octanol–water partition coefficient (Wildman–Crippen LogP) is -0.531. The smallest absolute Gasteiger partial charge is 0.326 e. The summed E-state index contributed by atoms with van der Waals surface area (Å²) in [6.45, 7) is 3.43. The van der Waals surface area contributed by atoms with Gasteiger partial charge in [-0.15, -0.1) is 0 Å². The lowest BCUT2D eigenvalue weighted by Gasteiger charge is -2.19. The lowest BCUT2D eigenvalue weighted by atomic mass is 10.0. The number of hydrogen-bond acceptors (Lipinski definition) is 4. The molecule has 2 atom stereocenters. The first-order valence-electron chi connectivity index (χ1n) is 4.29. The highest BCUT2D eigenvalue weighted by molar-refractivity contribution is 7.80. The second-order valence-corrected chi connectivity index (χ2v) is 3.72. The van der Waals surface area contributed by atoms with Gasteiger partial charge in [-0.1, -0.05) is 13.8 Å². The molecule has 82 valence electrons. The zero-order chi connectivity index (χ0) is 11.3. The Morgan fingerprint density at radius 3 is 2.29 bits per heavy atom. The molecule has 6 heteroatoms. The molecule has 0 rings (SSSR count). The van der Waals surface area contributed by atoms with Crippen molar-refractivity contribution in [3.8, 4) is 0 Å². The predicted molar refractivity (Wildman–Crippen MR) is 56.2 cm³/mol. The van der Waals surface area contributed by atoms with Gasteiger partial charge in [-0.2, -0.15) is 12.6 Å². The number of carboxylic acids is 1. The number of rotatable bonds is 5. The van der Waals surface area contributed by atoms with Gasteiger partial charge in [0.25, 0.3) is 0 Å². The van der Waals surface area contributed by atoms with Crippen LogP contribution in [0.5, 0.6) is 0 Å². The van der Waals surface area contributed by atoms with E-state index in [1.807, 2.05) is 0 Å². The highest BCUT2D eigenvalue weighted by Gasteiger charge is 2.25. The molecule has 1 amide bonds. The molecule has 0 aliphatic carbocycles. The van der Waals surface area contributed by atoms with E-state index >= 15 is 0 Å². The third-order valence-corrected chi connectivity index (χ3v) is 2.16. The fourth-order valence-corrected chi connectivity index (χ4v) is 1.02. The summed E-state index contributed by atoms with van der Waals surface area (Å²) in [5.74, 6) is -1.53. The molecular weight excluding hydrogens is 204 g/mol. The average molecular weight is 220 g/mol. The Morgan fingerprint density at radius 1 is 1.50 bits per heavy atom. The van der Waals surface area contributed by atoms with Gasteiger partial charge in [0.2, 0.25) is 5.91 Å². The van der Waals surface area contributed by atoms with Crippen molar-refractivity contribution in [3.63, 3.8) is 0 Å². The summed E-state index contributed by atoms with van der Waals surface area (Å²) in [5.41, 5.74) is 5.38. The van der Waals surface area contributed by atoms with Crippen LogP contribution in [0.3, 0.4) is 0 Å². The Hall–Kier alpha value is -0.750. The van der Waals surface area contributed by atoms with Crippen molar-refractivity contribution in [2.45, 2.75) is 25.9 Å². The Morgan fingerprint density at radius 2 is 2.00 bits per heavy atom. The number of thiol groups is 1. The molecular formula is C8H16N2O3S. The maximum Gasteiger partial charge on any atom is 0.326 e. The van der Waals surface area contributed by atoms with E-state index in [2.05, 4.69) is 17.9 Å². The highest BCUT2D eigenvalue weighted by Crippen LogP contribution is 2.01. The molecule has 0 bridgehead atoms. The standard InChI is InChI=1S/C8H16N2O3S/c1-4(2)6(8(12)13)10-7(11)5(9)3-14/h4-6,14H,3,9H2,1-2H3,(H,10,11)(H,12,13)/t5-,6+/m0/s1. The van der Waals surface area contributed by atoms with Gasteiger partial charge in [-0.3, -0.25) is 4.79 Å². The van der Waals surface area contributed by atoms with Crippen molar-refractivity contribution in [3.05, 3.63) is 0 Å². The molecule has 0 fully saturated rings. The fourth-order valence-electron chi connectivity index (χ4n) is 0.857. The van der Waals surface area contributed by atoms with E-state index in [0.717, 1.165) is 0 Å². The molecule has 4 N–H and O–H groups in total. The van der Waals surface area contributed by atoms with Crippen molar-refractivity contribution in [2.24, 2.45) is 11.7 Å². The maximum absolute atomic E-state index is 11.2. The number of carbonyl (C=O) groups is 2. The zero-order valence-corrected chi connectivity index (χ0v) is 9.12. The lowest BCUT2D eigenvalue weighted by Crippen LogP contribution is -2.51. The van der Waals surface area contributed by atoms with E-state index < -0.39 is 24.0 Å². The first-order valence-corrected chi connectivity index (χ1v) is 4.93. The molecule has 0 saturated heterocycles. The topological polar surface area (TPSA) is 92.4 Å². The quantitative estimate of drug-likeness (QED) is 0.469. The van der Waals surface area contributed by atoms with Crippen LogP contribution < -0.4 is 11.1 Å². The Balaban J connectivity index is 4.31. The van der Waals surface area contributed by atoms with Gasteiger partial charge in [0.05, 0.1) is 6.04 Å². The largest absolute Gasteiger partial charge is 0.480 e. The van der Waals surface area contributed by atoms with E-state index in [4.69, 9.17) is 10.8 Å². The first-order chi connectivity index (χ1) is 6.40. The Bertz CT molecular complexity index is 221. The number of hydrogen-bond donors (Lipinski definition) is 4. The SMILES string of the molecule is CC(C)[C@@H](NC(=O)[C@@H](N)CS)C(=O)O.